The molecule has 0 saturated heterocycles. The van der Waals surface area contributed by atoms with Gasteiger partial charge < -0.3 is 15.3 Å². The summed E-state index contributed by atoms with van der Waals surface area (Å²) in [5.74, 6) is 8.98. The van der Waals surface area contributed by atoms with Crippen LogP contribution in [0.1, 0.15) is 212 Å². The molecular formula is C50H86O3. The predicted molar refractivity (Wildman–Crippen MR) is 219 cm³/mol. The zero-order valence-electron chi connectivity index (χ0n) is 34.5. The maximum absolute atomic E-state index is 12.7. The summed E-state index contributed by atoms with van der Waals surface area (Å²) in [6, 6.07) is 0. The van der Waals surface area contributed by atoms with Gasteiger partial charge >= 0.3 is 0 Å². The highest BCUT2D eigenvalue weighted by molar-refractivity contribution is 4.99. The Morgan fingerprint density at radius 2 is 0.528 bits per heavy atom. The lowest BCUT2D eigenvalue weighted by atomic mass is 9.57. The molecule has 0 aromatic heterocycles. The quantitative estimate of drug-likeness (QED) is 0.221. The molecule has 8 rings (SSSR count). The Morgan fingerprint density at radius 1 is 0.264 bits per heavy atom. The van der Waals surface area contributed by atoms with Crippen molar-refractivity contribution in [2.24, 2.45) is 82.9 Å². The molecule has 8 aliphatic rings. The Balaban J connectivity index is 1.01. The van der Waals surface area contributed by atoms with Gasteiger partial charge in [-0.1, -0.05) is 161 Å². The second-order valence-electron chi connectivity index (χ2n) is 22.0. The van der Waals surface area contributed by atoms with E-state index in [0.717, 1.165) is 35.5 Å². The third-order valence-electron chi connectivity index (χ3n) is 19.0. The molecule has 0 aromatic carbocycles. The van der Waals surface area contributed by atoms with Crippen molar-refractivity contribution in [3.05, 3.63) is 0 Å². The summed E-state index contributed by atoms with van der Waals surface area (Å²) in [5, 5.41) is 36.9. The third-order valence-corrected chi connectivity index (χ3v) is 19.0. The Hall–Kier alpha value is -0.120. The Bertz CT molecular complexity index is 931. The van der Waals surface area contributed by atoms with Crippen LogP contribution < -0.4 is 0 Å². The average Bonchev–Trinajstić information content (AvgIpc) is 3.22. The molecule has 3 N–H and O–H groups in total. The fourth-order valence-electron chi connectivity index (χ4n) is 16.3. The van der Waals surface area contributed by atoms with Gasteiger partial charge in [0.05, 0.1) is 18.3 Å². The predicted octanol–water partition coefficient (Wildman–Crippen LogP) is 12.7. The van der Waals surface area contributed by atoms with Crippen LogP contribution in [0.15, 0.2) is 0 Å². The molecule has 3 heteroatoms. The van der Waals surface area contributed by atoms with Crippen molar-refractivity contribution >= 4 is 0 Å². The summed E-state index contributed by atoms with van der Waals surface area (Å²) in [4.78, 5) is 0. The van der Waals surface area contributed by atoms with Crippen LogP contribution in [0.4, 0.5) is 0 Å². The van der Waals surface area contributed by atoms with Crippen LogP contribution in [0.2, 0.25) is 0 Å². The van der Waals surface area contributed by atoms with Crippen LogP contribution in [0, 0.1) is 82.9 Å². The maximum atomic E-state index is 12.7. The number of aliphatic hydroxyl groups excluding tert-OH is 3. The molecule has 8 aliphatic carbocycles. The standard InChI is InChI=1S/C50H86O3/c51-48-42(26-34-28-44(37-18-8-2-9-19-37)49(52)45(29-34)38-20-10-3-11-21-38)32-41(36-16-6-1-7-17-36)33-43(48)27-35-30-46(39-22-12-4-13-23-39)50(53)47(31-35)40-24-14-5-15-25-40/h34-53H,1-33H2. The molecule has 3 nitrogen and oxygen atoms in total. The van der Waals surface area contributed by atoms with E-state index in [0.29, 0.717) is 47.3 Å². The van der Waals surface area contributed by atoms with E-state index in [2.05, 4.69) is 0 Å². The van der Waals surface area contributed by atoms with Gasteiger partial charge in [-0.05, 0) is 134 Å². The number of hydrogen-bond donors (Lipinski definition) is 3. The first-order chi connectivity index (χ1) is 26.0. The van der Waals surface area contributed by atoms with E-state index in [1.54, 1.807) is 0 Å². The SMILES string of the molecule is OC1C(CC2CC(C3CCCCC3)C(O)C(C3CCCCC3)C2)CC(C2CCCCC2)CC1CC1CC(C2CCCCC2)C(O)C(C2CCCCC2)C1. The molecule has 6 atom stereocenters. The smallest absolute Gasteiger partial charge is 0.0602 e. The zero-order chi connectivity index (χ0) is 36.1. The summed E-state index contributed by atoms with van der Waals surface area (Å²) < 4.78 is 0. The van der Waals surface area contributed by atoms with E-state index < -0.39 is 0 Å². The van der Waals surface area contributed by atoms with Crippen LogP contribution in [-0.2, 0) is 0 Å². The van der Waals surface area contributed by atoms with Gasteiger partial charge in [0.2, 0.25) is 0 Å². The van der Waals surface area contributed by atoms with Crippen LogP contribution in [0.3, 0.4) is 0 Å². The van der Waals surface area contributed by atoms with E-state index >= 15 is 0 Å². The van der Waals surface area contributed by atoms with E-state index in [9.17, 15) is 15.3 Å². The van der Waals surface area contributed by atoms with Gasteiger partial charge in [0, 0.05) is 0 Å². The lowest BCUT2D eigenvalue weighted by Crippen LogP contribution is -2.47. The summed E-state index contributed by atoms with van der Waals surface area (Å²) >= 11 is 0. The molecule has 8 fully saturated rings. The summed E-state index contributed by atoms with van der Waals surface area (Å²) in [6.45, 7) is 0. The minimum Gasteiger partial charge on any atom is -0.393 e. The molecular weight excluding hydrogens is 649 g/mol. The van der Waals surface area contributed by atoms with Gasteiger partial charge in [0.1, 0.15) is 0 Å². The summed E-state index contributed by atoms with van der Waals surface area (Å²) in [7, 11) is 0. The fraction of sp³-hybridized carbons (Fsp3) is 1.00. The largest absolute Gasteiger partial charge is 0.393 e. The van der Waals surface area contributed by atoms with E-state index in [4.69, 9.17) is 0 Å². The Labute approximate surface area is 327 Å². The van der Waals surface area contributed by atoms with Crippen molar-refractivity contribution in [1.82, 2.24) is 0 Å². The zero-order valence-corrected chi connectivity index (χ0v) is 34.5. The second-order valence-corrected chi connectivity index (χ2v) is 22.0. The van der Waals surface area contributed by atoms with Crippen LogP contribution >= 0.6 is 0 Å². The Morgan fingerprint density at radius 3 is 0.811 bits per heavy atom. The van der Waals surface area contributed by atoms with Crippen LogP contribution in [0.25, 0.3) is 0 Å². The van der Waals surface area contributed by atoms with Crippen molar-refractivity contribution < 1.29 is 15.3 Å². The highest BCUT2D eigenvalue weighted by Gasteiger charge is 2.49. The van der Waals surface area contributed by atoms with Crippen LogP contribution in [0.5, 0.6) is 0 Å². The first-order valence-corrected chi connectivity index (χ1v) is 25.1. The van der Waals surface area contributed by atoms with Crippen LogP contribution in [-0.4, -0.2) is 33.6 Å². The van der Waals surface area contributed by atoms with Crippen molar-refractivity contribution in [3.63, 3.8) is 0 Å². The highest BCUT2D eigenvalue weighted by atomic mass is 16.3. The molecule has 6 unspecified atom stereocenters. The monoisotopic (exact) mass is 735 g/mol. The number of aliphatic hydroxyl groups is 3. The van der Waals surface area contributed by atoms with Gasteiger partial charge in [0.15, 0.2) is 0 Å². The van der Waals surface area contributed by atoms with Gasteiger partial charge in [0.25, 0.3) is 0 Å². The van der Waals surface area contributed by atoms with E-state index in [1.807, 2.05) is 0 Å². The highest BCUT2D eigenvalue weighted by Crippen LogP contribution is 2.54. The molecule has 0 aromatic rings. The second kappa shape index (κ2) is 19.1. The van der Waals surface area contributed by atoms with Gasteiger partial charge in [-0.25, -0.2) is 0 Å². The molecule has 0 heterocycles. The molecule has 0 radical (unpaired) electrons. The Kier molecular flexibility index (Phi) is 14.3. The topological polar surface area (TPSA) is 60.7 Å². The normalized spacial score (nSPS) is 44.2. The lowest BCUT2D eigenvalue weighted by molar-refractivity contribution is -0.0880. The average molecular weight is 735 g/mol. The minimum absolute atomic E-state index is 0.0765. The molecule has 0 amide bonds. The number of hydrogen-bond acceptors (Lipinski definition) is 3. The summed E-state index contributed by atoms with van der Waals surface area (Å²) in [5.41, 5.74) is 0. The molecule has 0 bridgehead atoms. The first-order valence-electron chi connectivity index (χ1n) is 25.1. The van der Waals surface area contributed by atoms with Crippen molar-refractivity contribution in [1.29, 1.82) is 0 Å². The number of rotatable bonds is 9. The molecule has 0 aliphatic heterocycles. The lowest BCUT2D eigenvalue weighted by Gasteiger charge is -2.50. The van der Waals surface area contributed by atoms with E-state index in [-0.39, 0.29) is 18.3 Å². The van der Waals surface area contributed by atoms with Gasteiger partial charge in [-0.3, -0.25) is 0 Å². The third kappa shape index (κ3) is 9.61. The molecule has 0 spiro atoms. The van der Waals surface area contributed by atoms with Gasteiger partial charge in [-0.2, -0.15) is 0 Å². The van der Waals surface area contributed by atoms with Crippen molar-refractivity contribution in [2.45, 2.75) is 230 Å². The maximum Gasteiger partial charge on any atom is 0.0602 e. The van der Waals surface area contributed by atoms with E-state index in [1.165, 1.54) is 212 Å². The molecule has 53 heavy (non-hydrogen) atoms. The van der Waals surface area contributed by atoms with Crippen molar-refractivity contribution in [3.8, 4) is 0 Å². The molecule has 304 valence electrons. The summed E-state index contributed by atoms with van der Waals surface area (Å²) in [6.07, 6.45) is 44.3. The first kappa shape index (κ1) is 39.7. The van der Waals surface area contributed by atoms with Gasteiger partial charge in [-0.15, -0.1) is 0 Å². The van der Waals surface area contributed by atoms with Crippen molar-refractivity contribution in [2.75, 3.05) is 0 Å². The molecule has 8 saturated carbocycles. The minimum atomic E-state index is -0.143. The fourth-order valence-corrected chi connectivity index (χ4v) is 16.3.